The summed E-state index contributed by atoms with van der Waals surface area (Å²) in [5.74, 6) is -4.50. The van der Waals surface area contributed by atoms with Crippen molar-refractivity contribution < 1.29 is 67.6 Å². The molecule has 342 valence electrons. The first-order valence-electron chi connectivity index (χ1n) is 21.5. The molecule has 0 spiro atoms. The summed E-state index contributed by atoms with van der Waals surface area (Å²) in [5.41, 5.74) is -3.41. The summed E-state index contributed by atoms with van der Waals surface area (Å²) >= 11 is 0. The van der Waals surface area contributed by atoms with Gasteiger partial charge in [0.2, 0.25) is 0 Å². The molecule has 1 amide bonds. The number of carbonyl (C=O) groups excluding carboxylic acids is 3. The minimum atomic E-state index is -1.98. The molecule has 15 nitrogen and oxygen atoms in total. The van der Waals surface area contributed by atoms with Crippen LogP contribution in [0.5, 0.6) is 0 Å². The predicted octanol–water partition coefficient (Wildman–Crippen LogP) is 5.18. The lowest BCUT2D eigenvalue weighted by molar-refractivity contribution is -0.309. The van der Waals surface area contributed by atoms with Crippen molar-refractivity contribution in [1.82, 2.24) is 4.90 Å². The Kier molecular flexibility index (Phi) is 17.2. The molecule has 0 radical (unpaired) electrons. The number of amides is 1. The number of carbonyl (C=O) groups is 3. The van der Waals surface area contributed by atoms with E-state index in [1.165, 1.54) is 21.1 Å². The van der Waals surface area contributed by atoms with Crippen molar-refractivity contribution in [2.75, 3.05) is 21.3 Å². The van der Waals surface area contributed by atoms with E-state index in [2.05, 4.69) is 0 Å². The fraction of sp³-hybridized carbons (Fsp3) is 0.800. The van der Waals surface area contributed by atoms with Gasteiger partial charge in [-0.15, -0.1) is 0 Å². The molecule has 0 aromatic heterocycles. The van der Waals surface area contributed by atoms with Crippen LogP contribution in [0, 0.1) is 23.7 Å². The molecule has 60 heavy (non-hydrogen) atoms. The molecule has 3 fully saturated rings. The quantitative estimate of drug-likeness (QED) is 0.262. The van der Waals surface area contributed by atoms with E-state index >= 15 is 0 Å². The summed E-state index contributed by atoms with van der Waals surface area (Å²) in [6.45, 7) is 17.2. The number of cyclic esters (lactones) is 1. The Morgan fingerprint density at radius 3 is 2.08 bits per heavy atom. The Labute approximate surface area is 356 Å². The molecule has 0 aliphatic carbocycles. The zero-order valence-corrected chi connectivity index (χ0v) is 38.0. The molecule has 3 heterocycles. The number of ether oxygens (including phenoxy) is 8. The van der Waals surface area contributed by atoms with Gasteiger partial charge in [0.25, 0.3) is 0 Å². The van der Waals surface area contributed by atoms with Crippen LogP contribution in [0.1, 0.15) is 107 Å². The lowest BCUT2D eigenvalue weighted by Crippen LogP contribution is -2.60. The molecule has 3 aliphatic rings. The van der Waals surface area contributed by atoms with E-state index in [0.29, 0.717) is 6.42 Å². The summed E-state index contributed by atoms with van der Waals surface area (Å²) in [7, 11) is 4.71. The largest absolute Gasteiger partial charge is 0.459 e. The third-order valence-electron chi connectivity index (χ3n) is 13.5. The third-order valence-corrected chi connectivity index (χ3v) is 13.5. The topological polar surface area (TPSA) is 189 Å². The van der Waals surface area contributed by atoms with Crippen LogP contribution in [0.25, 0.3) is 0 Å². The summed E-state index contributed by atoms with van der Waals surface area (Å²) < 4.78 is 50.2. The van der Waals surface area contributed by atoms with Gasteiger partial charge in [-0.25, -0.2) is 4.79 Å². The van der Waals surface area contributed by atoms with Crippen LogP contribution in [0.2, 0.25) is 0 Å². The molecule has 0 saturated carbocycles. The van der Waals surface area contributed by atoms with Crippen molar-refractivity contribution in [3.8, 4) is 0 Å². The van der Waals surface area contributed by atoms with E-state index in [9.17, 15) is 29.7 Å². The summed E-state index contributed by atoms with van der Waals surface area (Å²) in [6, 6.07) is 9.09. The van der Waals surface area contributed by atoms with E-state index in [-0.39, 0.29) is 50.2 Å². The van der Waals surface area contributed by atoms with Gasteiger partial charge in [0.05, 0.1) is 47.6 Å². The number of aliphatic hydroxyl groups excluding tert-OH is 2. The maximum Gasteiger partial charge on any atom is 0.410 e. The molecule has 17 atom stereocenters. The summed E-state index contributed by atoms with van der Waals surface area (Å²) in [6.07, 6.45) is -7.85. The number of hydrogen-bond donors (Lipinski definition) is 3. The number of benzene rings is 1. The van der Waals surface area contributed by atoms with E-state index in [0.717, 1.165) is 5.56 Å². The molecule has 3 saturated heterocycles. The second kappa shape index (κ2) is 20.6. The zero-order valence-electron chi connectivity index (χ0n) is 38.0. The van der Waals surface area contributed by atoms with Gasteiger partial charge >= 0.3 is 12.1 Å². The number of methoxy groups -OCH3 is 2. The van der Waals surface area contributed by atoms with Crippen LogP contribution in [-0.2, 0) is 54.1 Å². The molecule has 3 aliphatic heterocycles. The molecule has 1 aromatic rings. The second-order valence-electron chi connectivity index (χ2n) is 18.2. The molecular weight excluding hydrogens is 778 g/mol. The first-order chi connectivity index (χ1) is 28.0. The van der Waals surface area contributed by atoms with Crippen molar-refractivity contribution in [3.63, 3.8) is 0 Å². The third kappa shape index (κ3) is 11.3. The monoisotopic (exact) mass is 852 g/mol. The highest BCUT2D eigenvalue weighted by molar-refractivity contribution is 5.83. The average molecular weight is 852 g/mol. The standard InChI is InChI=1S/C45H73NO14/c1-14-33-45(10,52)38(48)27(4)36(47)25(2)22-44(9,54-13)40(28(5)37(29(6)41(50)58-33)59-35-23-43(8,53-12)39(49)30(7)57-35)60-34-21-32(20-26(3)56-34)46(11)42(51)55-24-31-18-16-15-17-19-31/h15-19,25-30,32-35,37-40,48-49,52H,14,20-24H2,1-13H3/t25-,26-,27+,28+,29-,30+,32+,33-,34+,35+,37+,38-,39+,40-,43-,44-,45-/m1/s1. The van der Waals surface area contributed by atoms with Crippen LogP contribution in [0.15, 0.2) is 30.3 Å². The van der Waals surface area contributed by atoms with Gasteiger partial charge < -0.3 is 58.1 Å². The summed E-state index contributed by atoms with van der Waals surface area (Å²) in [5, 5.41) is 34.2. The van der Waals surface area contributed by atoms with Crippen molar-refractivity contribution >= 4 is 17.8 Å². The van der Waals surface area contributed by atoms with E-state index in [4.69, 9.17) is 37.9 Å². The van der Waals surface area contributed by atoms with Gasteiger partial charge in [0.15, 0.2) is 12.6 Å². The molecule has 1 aromatic carbocycles. The van der Waals surface area contributed by atoms with Gasteiger partial charge in [-0.05, 0) is 66.4 Å². The van der Waals surface area contributed by atoms with Gasteiger partial charge in [-0.2, -0.15) is 0 Å². The van der Waals surface area contributed by atoms with Crippen molar-refractivity contribution in [2.24, 2.45) is 23.7 Å². The number of rotatable bonds is 10. The average Bonchev–Trinajstić information content (AvgIpc) is 3.22. The number of nitrogens with zero attached hydrogens (tertiary/aromatic N) is 1. The highest BCUT2D eigenvalue weighted by Crippen LogP contribution is 2.42. The summed E-state index contributed by atoms with van der Waals surface area (Å²) in [4.78, 5) is 43.4. The molecular formula is C45H73NO14. The Bertz CT molecular complexity index is 1560. The SMILES string of the molecule is CC[C@H]1OC(=O)[C@H](C)[C@@H](O[C@H]2C[C@@](C)(OC)[C@@H](O)[C@H](C)O2)[C@H](C)[C@@H](O[C@H]2C[C@@H](N(C)C(=O)OCc3ccccc3)C[C@@H](C)O2)[C@](C)(OC)C[C@@H](C)C(=O)[C@H](C)[C@@H](O)[C@]1(C)O. The minimum Gasteiger partial charge on any atom is -0.459 e. The maximum atomic E-state index is 14.3. The van der Waals surface area contributed by atoms with Crippen molar-refractivity contribution in [2.45, 2.75) is 186 Å². The molecule has 15 heteroatoms. The Hall–Kier alpha value is -2.73. The van der Waals surface area contributed by atoms with Crippen molar-refractivity contribution in [1.29, 1.82) is 0 Å². The van der Waals surface area contributed by atoms with E-state index < -0.39 is 102 Å². The first kappa shape index (κ1) is 49.9. The Morgan fingerprint density at radius 1 is 0.850 bits per heavy atom. The number of aliphatic hydroxyl groups is 3. The number of Topliss-reactive ketones (excluding diaryl/α,β-unsaturated/α-hetero) is 1. The van der Waals surface area contributed by atoms with E-state index in [1.54, 1.807) is 53.5 Å². The van der Waals surface area contributed by atoms with Crippen LogP contribution in [-0.4, -0.2) is 137 Å². The predicted molar refractivity (Wildman–Crippen MR) is 220 cm³/mol. The van der Waals surface area contributed by atoms with Crippen molar-refractivity contribution in [3.05, 3.63) is 35.9 Å². The number of ketones is 1. The molecule has 0 bridgehead atoms. The number of esters is 1. The number of hydrogen-bond acceptors (Lipinski definition) is 14. The highest BCUT2D eigenvalue weighted by atomic mass is 16.7. The molecule has 3 N–H and O–H groups in total. The minimum absolute atomic E-state index is 0.113. The second-order valence-corrected chi connectivity index (χ2v) is 18.2. The fourth-order valence-corrected chi connectivity index (χ4v) is 9.40. The molecule has 0 unspecified atom stereocenters. The molecule has 4 rings (SSSR count). The fourth-order valence-electron chi connectivity index (χ4n) is 9.40. The van der Waals surface area contributed by atoms with Gasteiger partial charge in [-0.3, -0.25) is 9.59 Å². The van der Waals surface area contributed by atoms with Gasteiger partial charge in [-0.1, -0.05) is 58.0 Å². The van der Waals surface area contributed by atoms with Gasteiger partial charge in [0.1, 0.15) is 30.2 Å². The lowest BCUT2D eigenvalue weighted by Gasteiger charge is -2.49. The smallest absolute Gasteiger partial charge is 0.410 e. The van der Waals surface area contributed by atoms with Crippen LogP contribution >= 0.6 is 0 Å². The zero-order chi connectivity index (χ0) is 44.9. The van der Waals surface area contributed by atoms with E-state index in [1.807, 2.05) is 51.1 Å². The lowest BCUT2D eigenvalue weighted by atomic mass is 9.74. The normalized spacial score (nSPS) is 42.5. The van der Waals surface area contributed by atoms with Gasteiger partial charge in [0, 0.05) is 57.9 Å². The Morgan fingerprint density at radius 2 is 1.48 bits per heavy atom. The maximum absolute atomic E-state index is 14.3. The highest BCUT2D eigenvalue weighted by Gasteiger charge is 2.53. The first-order valence-corrected chi connectivity index (χ1v) is 21.5. The van der Waals surface area contributed by atoms with Crippen LogP contribution in [0.3, 0.4) is 0 Å². The van der Waals surface area contributed by atoms with Crippen LogP contribution < -0.4 is 0 Å². The van der Waals surface area contributed by atoms with Crippen LogP contribution in [0.4, 0.5) is 4.79 Å². The Balaban J connectivity index is 1.77.